The van der Waals surface area contributed by atoms with E-state index in [4.69, 9.17) is 4.74 Å². The smallest absolute Gasteiger partial charge is 0.300 e. The van der Waals surface area contributed by atoms with Gasteiger partial charge >= 0.3 is 5.91 Å². The van der Waals surface area contributed by atoms with Crippen molar-refractivity contribution in [2.75, 3.05) is 38.9 Å². The van der Waals surface area contributed by atoms with Crippen molar-refractivity contribution in [3.63, 3.8) is 0 Å². The number of carbonyl (C=O) groups is 2. The third kappa shape index (κ3) is 3.08. The molecular weight excluding hydrogens is 324 g/mol. The molecule has 0 N–H and O–H groups in total. The lowest BCUT2D eigenvalue weighted by Gasteiger charge is -2.24. The van der Waals surface area contributed by atoms with Gasteiger partial charge in [0.05, 0.1) is 17.9 Å². The van der Waals surface area contributed by atoms with E-state index in [0.717, 1.165) is 17.4 Å². The molecule has 0 saturated heterocycles. The average Bonchev–Trinajstić information content (AvgIpc) is 2.64. The van der Waals surface area contributed by atoms with Crippen molar-refractivity contribution in [1.82, 2.24) is 4.90 Å². The zero-order valence-electron chi connectivity index (χ0n) is 11.6. The summed E-state index contributed by atoms with van der Waals surface area (Å²) < 4.78 is 5.86. The molecule has 1 aliphatic rings. The number of ether oxygens (including phenoxy) is 1. The average molecular weight is 341 g/mol. The SMILES string of the molecule is COCCCN(C)CN1C(=O)C(=O)c2ccc(Br)cc21. The maximum atomic E-state index is 12.0. The molecule has 1 aromatic carbocycles. The van der Waals surface area contributed by atoms with Gasteiger partial charge in [-0.15, -0.1) is 0 Å². The molecule has 1 amide bonds. The van der Waals surface area contributed by atoms with Crippen molar-refractivity contribution >= 4 is 33.3 Å². The largest absolute Gasteiger partial charge is 0.385 e. The van der Waals surface area contributed by atoms with Gasteiger partial charge in [0.15, 0.2) is 0 Å². The molecule has 1 aliphatic heterocycles. The van der Waals surface area contributed by atoms with Crippen LogP contribution in [0.5, 0.6) is 0 Å². The first-order valence-electron chi connectivity index (χ1n) is 6.38. The molecular formula is C14H17BrN2O3. The number of amides is 1. The first kappa shape index (κ1) is 15.2. The maximum absolute atomic E-state index is 12.0. The Morgan fingerprint density at radius 1 is 1.35 bits per heavy atom. The summed E-state index contributed by atoms with van der Waals surface area (Å²) >= 11 is 3.37. The Bertz CT molecular complexity index is 533. The van der Waals surface area contributed by atoms with E-state index >= 15 is 0 Å². The molecule has 5 nitrogen and oxygen atoms in total. The van der Waals surface area contributed by atoms with Gasteiger partial charge in [0, 0.05) is 24.7 Å². The number of anilines is 1. The van der Waals surface area contributed by atoms with Gasteiger partial charge < -0.3 is 4.74 Å². The lowest BCUT2D eigenvalue weighted by atomic mass is 10.1. The van der Waals surface area contributed by atoms with Crippen LogP contribution in [0.15, 0.2) is 22.7 Å². The number of hydrogen-bond donors (Lipinski definition) is 0. The van der Waals surface area contributed by atoms with Gasteiger partial charge in [-0.1, -0.05) is 15.9 Å². The molecule has 0 atom stereocenters. The minimum absolute atomic E-state index is 0.401. The first-order valence-corrected chi connectivity index (χ1v) is 7.17. The van der Waals surface area contributed by atoms with Gasteiger partial charge in [0.25, 0.3) is 5.78 Å². The molecule has 0 spiro atoms. The number of carbonyl (C=O) groups excluding carboxylic acids is 2. The predicted molar refractivity (Wildman–Crippen MR) is 79.9 cm³/mol. The number of benzene rings is 1. The van der Waals surface area contributed by atoms with Crippen LogP contribution in [-0.4, -0.2) is 50.6 Å². The zero-order valence-corrected chi connectivity index (χ0v) is 13.1. The molecule has 0 aromatic heterocycles. The number of halogens is 1. The Hall–Kier alpha value is -1.24. The highest BCUT2D eigenvalue weighted by atomic mass is 79.9. The summed E-state index contributed by atoms with van der Waals surface area (Å²) in [4.78, 5) is 27.5. The van der Waals surface area contributed by atoms with Gasteiger partial charge in [-0.25, -0.2) is 0 Å². The van der Waals surface area contributed by atoms with Crippen LogP contribution < -0.4 is 4.90 Å². The van der Waals surface area contributed by atoms with Crippen molar-refractivity contribution in [3.05, 3.63) is 28.2 Å². The predicted octanol–water partition coefficient (Wildman–Crippen LogP) is 1.90. The molecule has 1 aromatic rings. The van der Waals surface area contributed by atoms with E-state index in [2.05, 4.69) is 15.9 Å². The van der Waals surface area contributed by atoms with Gasteiger partial charge in [0.1, 0.15) is 0 Å². The fourth-order valence-corrected chi connectivity index (χ4v) is 2.55. The van der Waals surface area contributed by atoms with Crippen LogP contribution in [0.2, 0.25) is 0 Å². The second-order valence-electron chi connectivity index (χ2n) is 4.79. The number of fused-ring (bicyclic) bond motifs is 1. The van der Waals surface area contributed by atoms with Crippen molar-refractivity contribution in [3.8, 4) is 0 Å². The Labute approximate surface area is 126 Å². The van der Waals surface area contributed by atoms with E-state index in [9.17, 15) is 9.59 Å². The maximum Gasteiger partial charge on any atom is 0.300 e. The zero-order chi connectivity index (χ0) is 14.7. The summed E-state index contributed by atoms with van der Waals surface area (Å²) in [6.07, 6.45) is 0.883. The van der Waals surface area contributed by atoms with Crippen molar-refractivity contribution < 1.29 is 14.3 Å². The molecule has 0 aliphatic carbocycles. The summed E-state index contributed by atoms with van der Waals surface area (Å²) in [6, 6.07) is 5.27. The summed E-state index contributed by atoms with van der Waals surface area (Å²) in [5.41, 5.74) is 1.15. The van der Waals surface area contributed by atoms with Crippen molar-refractivity contribution in [1.29, 1.82) is 0 Å². The highest BCUT2D eigenvalue weighted by Crippen LogP contribution is 2.31. The highest BCUT2D eigenvalue weighted by Gasteiger charge is 2.36. The van der Waals surface area contributed by atoms with E-state index in [1.807, 2.05) is 11.9 Å². The molecule has 0 bridgehead atoms. The minimum Gasteiger partial charge on any atom is -0.385 e. The van der Waals surface area contributed by atoms with Crippen LogP contribution in [0.25, 0.3) is 0 Å². The normalized spacial score (nSPS) is 14.3. The second-order valence-corrected chi connectivity index (χ2v) is 5.71. The number of ketones is 1. The molecule has 20 heavy (non-hydrogen) atoms. The monoisotopic (exact) mass is 340 g/mol. The highest BCUT2D eigenvalue weighted by molar-refractivity contribution is 9.10. The number of rotatable bonds is 6. The van der Waals surface area contributed by atoms with Crippen LogP contribution >= 0.6 is 15.9 Å². The molecule has 108 valence electrons. The van der Waals surface area contributed by atoms with Crippen LogP contribution in [-0.2, 0) is 9.53 Å². The molecule has 0 fully saturated rings. The summed E-state index contributed by atoms with van der Waals surface area (Å²) in [5.74, 6) is -0.894. The van der Waals surface area contributed by atoms with E-state index in [1.165, 1.54) is 4.90 Å². The Balaban J connectivity index is 2.11. The fourth-order valence-electron chi connectivity index (χ4n) is 2.20. The Kier molecular flexibility index (Phi) is 4.91. The lowest BCUT2D eigenvalue weighted by Crippen LogP contribution is -2.39. The van der Waals surface area contributed by atoms with E-state index in [0.29, 0.717) is 24.5 Å². The van der Waals surface area contributed by atoms with Crippen LogP contribution in [0, 0.1) is 0 Å². The quantitative estimate of drug-likeness (QED) is 0.586. The Morgan fingerprint density at radius 3 is 2.80 bits per heavy atom. The van der Waals surface area contributed by atoms with Crippen molar-refractivity contribution in [2.24, 2.45) is 0 Å². The Morgan fingerprint density at radius 2 is 2.10 bits per heavy atom. The molecule has 2 rings (SSSR count). The number of methoxy groups -OCH3 is 1. The molecule has 0 unspecified atom stereocenters. The third-order valence-corrected chi connectivity index (χ3v) is 3.70. The van der Waals surface area contributed by atoms with Gasteiger partial charge in [-0.2, -0.15) is 0 Å². The fraction of sp³-hybridized carbons (Fsp3) is 0.429. The first-order chi connectivity index (χ1) is 9.54. The lowest BCUT2D eigenvalue weighted by molar-refractivity contribution is -0.114. The minimum atomic E-state index is -0.461. The van der Waals surface area contributed by atoms with Gasteiger partial charge in [0.2, 0.25) is 0 Å². The standard InChI is InChI=1S/C14H17BrN2O3/c1-16(6-3-7-20-2)9-17-12-8-10(15)4-5-11(12)13(18)14(17)19/h4-5,8H,3,6-7,9H2,1-2H3. The van der Waals surface area contributed by atoms with Crippen LogP contribution in [0.3, 0.4) is 0 Å². The van der Waals surface area contributed by atoms with E-state index < -0.39 is 11.7 Å². The van der Waals surface area contributed by atoms with Crippen LogP contribution in [0.1, 0.15) is 16.8 Å². The molecule has 0 saturated carbocycles. The van der Waals surface area contributed by atoms with Crippen LogP contribution in [0.4, 0.5) is 5.69 Å². The molecule has 1 heterocycles. The number of nitrogens with zero attached hydrogens (tertiary/aromatic N) is 2. The second kappa shape index (κ2) is 6.47. The van der Waals surface area contributed by atoms with Gasteiger partial charge in [-0.3, -0.25) is 19.4 Å². The third-order valence-electron chi connectivity index (χ3n) is 3.21. The van der Waals surface area contributed by atoms with Gasteiger partial charge in [-0.05, 0) is 31.7 Å². The summed E-state index contributed by atoms with van der Waals surface area (Å²) in [5, 5.41) is 0. The molecule has 6 heteroatoms. The van der Waals surface area contributed by atoms with E-state index in [-0.39, 0.29) is 0 Å². The summed E-state index contributed by atoms with van der Waals surface area (Å²) in [6.45, 7) is 1.88. The number of Topliss-reactive ketones (excluding diaryl/α,β-unsaturated/α-hetero) is 1. The molecule has 0 radical (unpaired) electrons. The summed E-state index contributed by atoms with van der Waals surface area (Å²) in [7, 11) is 3.58. The number of hydrogen-bond acceptors (Lipinski definition) is 4. The van der Waals surface area contributed by atoms with E-state index in [1.54, 1.807) is 25.3 Å². The topological polar surface area (TPSA) is 49.9 Å². The van der Waals surface area contributed by atoms with Crippen molar-refractivity contribution in [2.45, 2.75) is 6.42 Å².